The lowest BCUT2D eigenvalue weighted by Crippen LogP contribution is -2.35. The Balaban J connectivity index is 1.46. The van der Waals surface area contributed by atoms with Crippen LogP contribution in [-0.2, 0) is 4.79 Å². The van der Waals surface area contributed by atoms with Gasteiger partial charge in [0.1, 0.15) is 16.6 Å². The lowest BCUT2D eigenvalue weighted by molar-refractivity contribution is -0.384. The third-order valence-corrected chi connectivity index (χ3v) is 5.96. The first-order chi connectivity index (χ1) is 15.9. The number of aliphatic imine (C=N–C) groups is 1. The molecule has 9 nitrogen and oxygen atoms in total. The molecule has 2 aliphatic heterocycles. The van der Waals surface area contributed by atoms with Crippen molar-refractivity contribution >= 4 is 45.5 Å². The minimum atomic E-state index is -0.580. The fourth-order valence-corrected chi connectivity index (χ4v) is 4.33. The minimum absolute atomic E-state index is 0.0112. The Morgan fingerprint density at radius 3 is 2.76 bits per heavy atom. The van der Waals surface area contributed by atoms with E-state index in [1.54, 1.807) is 30.3 Å². The van der Waals surface area contributed by atoms with Gasteiger partial charge in [0.25, 0.3) is 11.6 Å². The Hall–Kier alpha value is -4.31. The summed E-state index contributed by atoms with van der Waals surface area (Å²) in [6.07, 6.45) is 1.40. The van der Waals surface area contributed by atoms with Gasteiger partial charge in [0.2, 0.25) is 5.17 Å². The van der Waals surface area contributed by atoms with Gasteiger partial charge in [-0.3, -0.25) is 20.3 Å². The van der Waals surface area contributed by atoms with Crippen LogP contribution in [0.5, 0.6) is 0 Å². The van der Waals surface area contributed by atoms with Crippen molar-refractivity contribution in [2.24, 2.45) is 10.1 Å². The number of hydrogen-bond donors (Lipinski definition) is 1. The number of aryl methyl sites for hydroxylation is 1. The summed E-state index contributed by atoms with van der Waals surface area (Å²) in [7, 11) is 0. The largest absolute Gasteiger partial charge is 0.456 e. The maximum atomic E-state index is 12.7. The summed E-state index contributed by atoms with van der Waals surface area (Å²) in [6.45, 7) is 1.97. The molecule has 5 rings (SSSR count). The molecule has 33 heavy (non-hydrogen) atoms. The van der Waals surface area contributed by atoms with E-state index in [0.717, 1.165) is 11.1 Å². The molecule has 0 fully saturated rings. The van der Waals surface area contributed by atoms with E-state index in [2.05, 4.69) is 10.1 Å². The van der Waals surface area contributed by atoms with Gasteiger partial charge in [-0.15, -0.1) is 0 Å². The summed E-state index contributed by atoms with van der Waals surface area (Å²) >= 11 is 1.23. The predicted molar refractivity (Wildman–Crippen MR) is 126 cm³/mol. The molecule has 0 spiro atoms. The number of hydrogen-bond acceptors (Lipinski definition) is 7. The molecule has 0 saturated heterocycles. The number of nitro groups is 1. The quantitative estimate of drug-likeness (QED) is 0.340. The van der Waals surface area contributed by atoms with Gasteiger partial charge in [-0.25, -0.2) is 0 Å². The smallest absolute Gasteiger partial charge is 0.283 e. The zero-order valence-corrected chi connectivity index (χ0v) is 18.0. The molecule has 2 aromatic carbocycles. The van der Waals surface area contributed by atoms with Gasteiger partial charge in [0.15, 0.2) is 5.84 Å². The van der Waals surface area contributed by atoms with Crippen molar-refractivity contribution in [2.75, 3.05) is 0 Å². The summed E-state index contributed by atoms with van der Waals surface area (Å²) < 4.78 is 5.74. The molecule has 3 heterocycles. The number of amides is 1. The van der Waals surface area contributed by atoms with E-state index < -0.39 is 10.8 Å². The van der Waals surface area contributed by atoms with Gasteiger partial charge in [-0.05, 0) is 49.0 Å². The summed E-state index contributed by atoms with van der Waals surface area (Å²) in [5.74, 6) is -0.152. The normalized spacial score (nSPS) is 16.6. The van der Waals surface area contributed by atoms with E-state index in [9.17, 15) is 14.9 Å². The molecule has 0 bridgehead atoms. The average molecular weight is 457 g/mol. The van der Waals surface area contributed by atoms with Crippen molar-refractivity contribution in [2.45, 2.75) is 6.92 Å². The number of nitro benzene ring substituents is 1. The monoisotopic (exact) mass is 457 g/mol. The number of carbonyl (C=O) groups excluding carboxylic acids is 1. The number of para-hydroxylation sites is 1. The van der Waals surface area contributed by atoms with Gasteiger partial charge < -0.3 is 4.42 Å². The second-order valence-electron chi connectivity index (χ2n) is 7.27. The standard InChI is InChI=1S/C23H15N5O4S/c1-13-5-4-6-14(11-13)22-26-27-20(24)17(21(29)25-23(27)33-22)12-15-9-10-19(32-15)16-7-2-3-8-18(16)28(30)31/h2-12,24H,1H3. The molecule has 2 aliphatic rings. The van der Waals surface area contributed by atoms with Crippen LogP contribution in [0.25, 0.3) is 17.4 Å². The topological polar surface area (TPSA) is 125 Å². The minimum Gasteiger partial charge on any atom is -0.456 e. The van der Waals surface area contributed by atoms with Gasteiger partial charge in [0.05, 0.1) is 16.1 Å². The zero-order chi connectivity index (χ0) is 23.1. The van der Waals surface area contributed by atoms with Crippen molar-refractivity contribution in [1.29, 1.82) is 5.41 Å². The highest BCUT2D eigenvalue weighted by Gasteiger charge is 2.36. The van der Waals surface area contributed by atoms with Crippen LogP contribution in [0, 0.1) is 22.4 Å². The van der Waals surface area contributed by atoms with Crippen molar-refractivity contribution in [3.63, 3.8) is 0 Å². The van der Waals surface area contributed by atoms with Crippen LogP contribution >= 0.6 is 11.8 Å². The van der Waals surface area contributed by atoms with Crippen LogP contribution in [0.1, 0.15) is 16.9 Å². The zero-order valence-electron chi connectivity index (χ0n) is 17.2. The molecule has 3 aromatic rings. The Labute approximate surface area is 191 Å². The Kier molecular flexibility index (Phi) is 4.98. The summed E-state index contributed by atoms with van der Waals surface area (Å²) in [6, 6.07) is 17.2. The number of amidine groups is 2. The van der Waals surface area contributed by atoms with E-state index in [1.807, 2.05) is 31.2 Å². The van der Waals surface area contributed by atoms with Crippen molar-refractivity contribution in [3.8, 4) is 11.3 Å². The first-order valence-electron chi connectivity index (χ1n) is 9.81. The number of fused-ring (bicyclic) bond motifs is 1. The van der Waals surface area contributed by atoms with E-state index in [-0.39, 0.29) is 28.6 Å². The Bertz CT molecular complexity index is 1440. The van der Waals surface area contributed by atoms with Crippen LogP contribution in [0.4, 0.5) is 5.69 Å². The fourth-order valence-electron chi connectivity index (χ4n) is 3.45. The van der Waals surface area contributed by atoms with E-state index in [0.29, 0.717) is 15.8 Å². The lowest BCUT2D eigenvalue weighted by Gasteiger charge is -2.19. The first kappa shape index (κ1) is 20.6. The molecular weight excluding hydrogens is 442 g/mol. The van der Waals surface area contributed by atoms with Crippen molar-refractivity contribution in [1.82, 2.24) is 5.01 Å². The highest BCUT2D eigenvalue weighted by molar-refractivity contribution is 8.27. The number of benzene rings is 2. The maximum Gasteiger partial charge on any atom is 0.283 e. The van der Waals surface area contributed by atoms with Crippen molar-refractivity contribution in [3.05, 3.63) is 93.2 Å². The number of hydrazone groups is 1. The second kappa shape index (κ2) is 7.99. The van der Waals surface area contributed by atoms with Gasteiger partial charge >= 0.3 is 0 Å². The molecule has 0 saturated carbocycles. The number of nitrogens with one attached hydrogen (secondary N) is 1. The predicted octanol–water partition coefficient (Wildman–Crippen LogP) is 4.83. The SMILES string of the molecule is Cc1cccc(C2=NN3C(=N)C(=Cc4ccc(-c5ccccc5[N+](=O)[O-])o4)C(=O)N=C3S2)c1. The van der Waals surface area contributed by atoms with E-state index >= 15 is 0 Å². The van der Waals surface area contributed by atoms with Crippen LogP contribution in [-0.4, -0.2) is 31.9 Å². The average Bonchev–Trinajstić information content (AvgIpc) is 3.44. The summed E-state index contributed by atoms with van der Waals surface area (Å²) in [5.41, 5.74) is 2.19. The summed E-state index contributed by atoms with van der Waals surface area (Å²) in [4.78, 5) is 27.6. The lowest BCUT2D eigenvalue weighted by atomic mass is 10.1. The highest BCUT2D eigenvalue weighted by Crippen LogP contribution is 2.33. The third-order valence-electron chi connectivity index (χ3n) is 5.00. The molecule has 10 heteroatoms. The fraction of sp³-hybridized carbons (Fsp3) is 0.0435. The van der Waals surface area contributed by atoms with Gasteiger partial charge in [0, 0.05) is 11.6 Å². The van der Waals surface area contributed by atoms with Crippen LogP contribution in [0.2, 0.25) is 0 Å². The first-order valence-corrected chi connectivity index (χ1v) is 10.6. The number of furan rings is 1. The number of thioether (sulfide) groups is 1. The molecule has 162 valence electrons. The van der Waals surface area contributed by atoms with Crippen molar-refractivity contribution < 1.29 is 14.1 Å². The molecule has 1 aromatic heterocycles. The second-order valence-corrected chi connectivity index (χ2v) is 8.23. The number of nitrogens with zero attached hydrogens (tertiary/aromatic N) is 4. The van der Waals surface area contributed by atoms with Gasteiger partial charge in [-0.2, -0.15) is 15.1 Å². The van der Waals surface area contributed by atoms with E-state index in [4.69, 9.17) is 9.83 Å². The Morgan fingerprint density at radius 1 is 1.15 bits per heavy atom. The highest BCUT2D eigenvalue weighted by atomic mass is 32.2. The van der Waals surface area contributed by atoms with Gasteiger partial charge in [-0.1, -0.05) is 35.9 Å². The molecule has 0 radical (unpaired) electrons. The maximum absolute atomic E-state index is 12.7. The van der Waals surface area contributed by atoms with Crippen LogP contribution in [0.15, 0.2) is 80.7 Å². The molecule has 0 atom stereocenters. The number of rotatable bonds is 4. The van der Waals surface area contributed by atoms with Crippen LogP contribution in [0.3, 0.4) is 0 Å². The number of carbonyl (C=O) groups is 1. The molecule has 1 N–H and O–H groups in total. The molecular formula is C23H15N5O4S. The summed E-state index contributed by atoms with van der Waals surface area (Å²) in [5, 5.41) is 26.6. The molecule has 0 unspecified atom stereocenters. The third kappa shape index (κ3) is 3.76. The molecule has 0 aliphatic carbocycles. The Morgan fingerprint density at radius 2 is 1.97 bits per heavy atom. The van der Waals surface area contributed by atoms with E-state index in [1.165, 1.54) is 28.9 Å². The molecule has 1 amide bonds. The van der Waals surface area contributed by atoms with Crippen LogP contribution < -0.4 is 0 Å².